The minimum Gasteiger partial charge on any atom is -0.472 e. The van der Waals surface area contributed by atoms with E-state index >= 15 is 0 Å². The van der Waals surface area contributed by atoms with E-state index in [0.717, 1.165) is 24.0 Å². The average molecular weight is 163 g/mol. The third-order valence-corrected chi connectivity index (χ3v) is 2.52. The van der Waals surface area contributed by atoms with Crippen molar-refractivity contribution in [3.63, 3.8) is 0 Å². The lowest BCUT2D eigenvalue weighted by Crippen LogP contribution is -2.33. The molecule has 64 valence electrons. The minimum atomic E-state index is -0.197. The molecule has 0 bridgehead atoms. The summed E-state index contributed by atoms with van der Waals surface area (Å²) in [5, 5.41) is 0. The summed E-state index contributed by atoms with van der Waals surface area (Å²) in [5.41, 5.74) is 8.31. The fourth-order valence-corrected chi connectivity index (χ4v) is 1.76. The summed E-state index contributed by atoms with van der Waals surface area (Å²) < 4.78 is 5.12. The van der Waals surface area contributed by atoms with E-state index in [4.69, 9.17) is 10.2 Å². The van der Waals surface area contributed by atoms with E-state index in [1.54, 1.807) is 12.5 Å². The maximum atomic E-state index is 6.20. The number of aryl methyl sites for hydroxylation is 1. The molecule has 0 aliphatic heterocycles. The Morgan fingerprint density at radius 1 is 1.33 bits per heavy atom. The Morgan fingerprint density at radius 3 is 2.50 bits per heavy atom. The summed E-state index contributed by atoms with van der Waals surface area (Å²) in [6, 6.07) is 0. The van der Waals surface area contributed by atoms with Gasteiger partial charge >= 0.3 is 0 Å². The van der Waals surface area contributed by atoms with E-state index < -0.39 is 0 Å². The predicted octanol–water partition coefficient (Wildman–Crippen LogP) is 2.09. The van der Waals surface area contributed by atoms with Crippen LogP contribution < -0.4 is 5.73 Å². The summed E-state index contributed by atoms with van der Waals surface area (Å²) in [6.07, 6.45) is 9.63. The molecule has 0 spiro atoms. The largest absolute Gasteiger partial charge is 0.472 e. The normalized spacial score (nSPS) is 20.2. The Morgan fingerprint density at radius 2 is 2.00 bits per heavy atom. The molecule has 0 unspecified atom stereocenters. The zero-order valence-electron chi connectivity index (χ0n) is 7.21. The first-order valence-electron chi connectivity index (χ1n) is 4.19. The summed E-state index contributed by atoms with van der Waals surface area (Å²) in [6.45, 7) is 2.03. The van der Waals surface area contributed by atoms with E-state index in [2.05, 4.69) is 12.2 Å². The molecule has 12 heavy (non-hydrogen) atoms. The SMILES string of the molecule is Cc1cocc1C1(N)CC=CC1. The maximum absolute atomic E-state index is 6.20. The van der Waals surface area contributed by atoms with Crippen molar-refractivity contribution in [2.75, 3.05) is 0 Å². The van der Waals surface area contributed by atoms with E-state index in [-0.39, 0.29) is 5.54 Å². The van der Waals surface area contributed by atoms with Crippen molar-refractivity contribution in [2.24, 2.45) is 5.73 Å². The maximum Gasteiger partial charge on any atom is 0.0956 e. The highest BCUT2D eigenvalue weighted by Gasteiger charge is 2.30. The van der Waals surface area contributed by atoms with E-state index in [1.165, 1.54) is 0 Å². The molecule has 0 atom stereocenters. The number of furan rings is 1. The van der Waals surface area contributed by atoms with Gasteiger partial charge in [0.15, 0.2) is 0 Å². The van der Waals surface area contributed by atoms with Crippen molar-refractivity contribution in [1.29, 1.82) is 0 Å². The fourth-order valence-electron chi connectivity index (χ4n) is 1.76. The summed E-state index contributed by atoms with van der Waals surface area (Å²) >= 11 is 0. The molecule has 2 N–H and O–H groups in total. The van der Waals surface area contributed by atoms with Crippen LogP contribution in [-0.4, -0.2) is 0 Å². The Balaban J connectivity index is 2.36. The second-order valence-corrected chi connectivity index (χ2v) is 3.50. The Hall–Kier alpha value is -1.02. The van der Waals surface area contributed by atoms with Crippen LogP contribution in [0.25, 0.3) is 0 Å². The van der Waals surface area contributed by atoms with Crippen molar-refractivity contribution >= 4 is 0 Å². The van der Waals surface area contributed by atoms with Gasteiger partial charge in [-0.15, -0.1) is 0 Å². The minimum absolute atomic E-state index is 0.197. The van der Waals surface area contributed by atoms with Gasteiger partial charge in [-0.3, -0.25) is 0 Å². The van der Waals surface area contributed by atoms with Crippen LogP contribution in [0.15, 0.2) is 29.1 Å². The molecular formula is C10H13NO. The van der Waals surface area contributed by atoms with E-state index in [9.17, 15) is 0 Å². The molecule has 2 nitrogen and oxygen atoms in total. The molecule has 1 aromatic heterocycles. The molecule has 2 rings (SSSR count). The van der Waals surface area contributed by atoms with Gasteiger partial charge in [-0.25, -0.2) is 0 Å². The Bertz CT molecular complexity index is 303. The number of hydrogen-bond acceptors (Lipinski definition) is 2. The lowest BCUT2D eigenvalue weighted by molar-refractivity contribution is 0.467. The molecule has 0 radical (unpaired) electrons. The standard InChI is InChI=1S/C10H13NO/c1-8-6-12-7-9(8)10(11)4-2-3-5-10/h2-3,6-7H,4-5,11H2,1H3. The van der Waals surface area contributed by atoms with Crippen LogP contribution in [0.1, 0.15) is 24.0 Å². The molecule has 0 saturated heterocycles. The zero-order valence-corrected chi connectivity index (χ0v) is 7.21. The van der Waals surface area contributed by atoms with Gasteiger partial charge in [-0.2, -0.15) is 0 Å². The predicted molar refractivity (Wildman–Crippen MR) is 47.7 cm³/mol. The summed E-state index contributed by atoms with van der Waals surface area (Å²) in [4.78, 5) is 0. The van der Waals surface area contributed by atoms with Crippen molar-refractivity contribution in [3.05, 3.63) is 35.8 Å². The highest BCUT2D eigenvalue weighted by Crippen LogP contribution is 2.33. The Kier molecular flexibility index (Phi) is 1.58. The summed E-state index contributed by atoms with van der Waals surface area (Å²) in [7, 11) is 0. The smallest absolute Gasteiger partial charge is 0.0956 e. The molecule has 1 aliphatic carbocycles. The second-order valence-electron chi connectivity index (χ2n) is 3.50. The summed E-state index contributed by atoms with van der Waals surface area (Å²) in [5.74, 6) is 0. The third kappa shape index (κ3) is 0.994. The molecule has 0 fully saturated rings. The van der Waals surface area contributed by atoms with Crippen LogP contribution >= 0.6 is 0 Å². The highest BCUT2D eigenvalue weighted by molar-refractivity contribution is 5.31. The van der Waals surface area contributed by atoms with Gasteiger partial charge in [0.1, 0.15) is 0 Å². The zero-order chi connectivity index (χ0) is 8.60. The topological polar surface area (TPSA) is 39.2 Å². The average Bonchev–Trinajstić information content (AvgIpc) is 2.59. The number of hydrogen-bond donors (Lipinski definition) is 1. The lowest BCUT2D eigenvalue weighted by Gasteiger charge is -2.22. The number of nitrogens with two attached hydrogens (primary N) is 1. The van der Waals surface area contributed by atoms with Gasteiger partial charge in [-0.05, 0) is 25.3 Å². The molecule has 1 aromatic rings. The first-order valence-corrected chi connectivity index (χ1v) is 4.19. The van der Waals surface area contributed by atoms with Crippen molar-refractivity contribution in [1.82, 2.24) is 0 Å². The van der Waals surface area contributed by atoms with E-state index in [1.807, 2.05) is 6.92 Å². The molecule has 1 aliphatic rings. The molecule has 0 saturated carbocycles. The van der Waals surface area contributed by atoms with Gasteiger partial charge in [0.25, 0.3) is 0 Å². The number of rotatable bonds is 1. The van der Waals surface area contributed by atoms with Crippen LogP contribution in [-0.2, 0) is 5.54 Å². The van der Waals surface area contributed by atoms with Crippen LogP contribution in [0.5, 0.6) is 0 Å². The van der Waals surface area contributed by atoms with Gasteiger partial charge in [0.2, 0.25) is 0 Å². The van der Waals surface area contributed by atoms with Crippen LogP contribution in [0.3, 0.4) is 0 Å². The monoisotopic (exact) mass is 163 g/mol. The fraction of sp³-hybridized carbons (Fsp3) is 0.400. The highest BCUT2D eigenvalue weighted by atomic mass is 16.3. The molecule has 2 heteroatoms. The quantitative estimate of drug-likeness (QED) is 0.644. The second kappa shape index (κ2) is 2.49. The molecule has 0 aromatic carbocycles. The van der Waals surface area contributed by atoms with Gasteiger partial charge in [0.05, 0.1) is 18.1 Å². The van der Waals surface area contributed by atoms with Gasteiger partial charge in [0, 0.05) is 5.56 Å². The van der Waals surface area contributed by atoms with Crippen molar-refractivity contribution in [3.8, 4) is 0 Å². The van der Waals surface area contributed by atoms with Crippen molar-refractivity contribution in [2.45, 2.75) is 25.3 Å². The molecule has 1 heterocycles. The first-order chi connectivity index (χ1) is 5.72. The molecule has 0 amide bonds. The lowest BCUT2D eigenvalue weighted by atomic mass is 9.88. The van der Waals surface area contributed by atoms with Crippen LogP contribution in [0.4, 0.5) is 0 Å². The Labute approximate surface area is 72.1 Å². The van der Waals surface area contributed by atoms with Gasteiger partial charge in [-0.1, -0.05) is 12.2 Å². The van der Waals surface area contributed by atoms with E-state index in [0.29, 0.717) is 0 Å². The van der Waals surface area contributed by atoms with Crippen molar-refractivity contribution < 1.29 is 4.42 Å². The van der Waals surface area contributed by atoms with Crippen LogP contribution in [0.2, 0.25) is 0 Å². The van der Waals surface area contributed by atoms with Gasteiger partial charge < -0.3 is 10.2 Å². The molecular weight excluding hydrogens is 150 g/mol. The third-order valence-electron chi connectivity index (χ3n) is 2.52. The van der Waals surface area contributed by atoms with Crippen LogP contribution in [0, 0.1) is 6.92 Å². The first kappa shape index (κ1) is 7.62.